The van der Waals surface area contributed by atoms with Crippen LogP contribution in [-0.4, -0.2) is 32.7 Å². The summed E-state index contributed by atoms with van der Waals surface area (Å²) in [4.78, 5) is 2.39. The van der Waals surface area contributed by atoms with E-state index < -0.39 is 9.52 Å². The molecule has 0 fully saturated rings. The van der Waals surface area contributed by atoms with E-state index in [4.69, 9.17) is 11.2 Å². The standard InChI is InChI=1S/C29H37NOSi/c1-8-24-16-18-27(19-17-24)32-29(6,7)31-26-15-13-14-25(22-26)23-30(9-2)21-12-10-11-20-28(3,4)5/h1,10,12-19,22H,9,21,23,32H2,2-7H3. The Morgan fingerprint density at radius 3 is 2.41 bits per heavy atom. The van der Waals surface area contributed by atoms with Gasteiger partial charge in [-0.05, 0) is 77.1 Å². The van der Waals surface area contributed by atoms with Gasteiger partial charge in [-0.15, -0.1) is 6.42 Å². The summed E-state index contributed by atoms with van der Waals surface area (Å²) in [6.45, 7) is 15.7. The van der Waals surface area contributed by atoms with E-state index in [0.29, 0.717) is 0 Å². The number of nitrogens with zero attached hydrogens (tertiary/aromatic N) is 1. The molecular formula is C29H37NOSi. The van der Waals surface area contributed by atoms with E-state index in [1.807, 2.05) is 18.2 Å². The summed E-state index contributed by atoms with van der Waals surface area (Å²) in [5.74, 6) is 10.00. The van der Waals surface area contributed by atoms with Crippen LogP contribution in [0.4, 0.5) is 0 Å². The van der Waals surface area contributed by atoms with Crippen molar-refractivity contribution in [3.05, 3.63) is 71.8 Å². The Balaban J connectivity index is 1.98. The predicted octanol–water partition coefficient (Wildman–Crippen LogP) is 4.70. The Bertz CT molecular complexity index is 994. The minimum Gasteiger partial charge on any atom is -0.492 e. The Morgan fingerprint density at radius 2 is 1.78 bits per heavy atom. The molecule has 3 heteroatoms. The van der Waals surface area contributed by atoms with E-state index in [2.05, 4.69) is 107 Å². The van der Waals surface area contributed by atoms with Crippen molar-refractivity contribution >= 4 is 14.7 Å². The van der Waals surface area contributed by atoms with Crippen LogP contribution in [0.1, 0.15) is 52.7 Å². The third kappa shape index (κ3) is 9.61. The summed E-state index contributed by atoms with van der Waals surface area (Å²) in [7, 11) is -0.640. The van der Waals surface area contributed by atoms with Crippen LogP contribution in [0.15, 0.2) is 60.7 Å². The molecule has 0 spiro atoms. The first-order chi connectivity index (χ1) is 15.1. The van der Waals surface area contributed by atoms with Crippen LogP contribution in [0, 0.1) is 29.6 Å². The monoisotopic (exact) mass is 443 g/mol. The van der Waals surface area contributed by atoms with Crippen molar-refractivity contribution in [2.24, 2.45) is 5.41 Å². The van der Waals surface area contributed by atoms with Crippen LogP contribution in [0.25, 0.3) is 0 Å². The number of likely N-dealkylation sites (N-methyl/N-ethyl adjacent to an activating group) is 1. The Kier molecular flexibility index (Phi) is 9.39. The average Bonchev–Trinajstić information content (AvgIpc) is 2.72. The lowest BCUT2D eigenvalue weighted by Gasteiger charge is -2.27. The highest BCUT2D eigenvalue weighted by Crippen LogP contribution is 2.20. The lowest BCUT2D eigenvalue weighted by atomic mass is 9.98. The highest BCUT2D eigenvalue weighted by Gasteiger charge is 2.21. The molecule has 0 bridgehead atoms. The molecule has 2 nitrogen and oxygen atoms in total. The van der Waals surface area contributed by atoms with Gasteiger partial charge in [-0.25, -0.2) is 0 Å². The number of benzene rings is 2. The molecule has 0 aliphatic rings. The van der Waals surface area contributed by atoms with Crippen molar-refractivity contribution in [3.8, 4) is 29.9 Å². The molecule has 0 aliphatic carbocycles. The van der Waals surface area contributed by atoms with E-state index in [-0.39, 0.29) is 10.6 Å². The number of ether oxygens (including phenoxy) is 1. The van der Waals surface area contributed by atoms with Gasteiger partial charge < -0.3 is 4.74 Å². The van der Waals surface area contributed by atoms with Gasteiger partial charge in [0.05, 0.1) is 5.22 Å². The number of allylic oxidation sites excluding steroid dienone is 1. The van der Waals surface area contributed by atoms with E-state index in [1.165, 1.54) is 10.8 Å². The van der Waals surface area contributed by atoms with E-state index in [1.54, 1.807) is 0 Å². The van der Waals surface area contributed by atoms with Crippen LogP contribution in [0.5, 0.6) is 5.75 Å². The van der Waals surface area contributed by atoms with Gasteiger partial charge in [-0.2, -0.15) is 0 Å². The van der Waals surface area contributed by atoms with Crippen molar-refractivity contribution in [1.82, 2.24) is 4.90 Å². The lowest BCUT2D eigenvalue weighted by molar-refractivity contribution is 0.195. The molecule has 0 atom stereocenters. The van der Waals surface area contributed by atoms with Gasteiger partial charge in [0, 0.05) is 24.1 Å². The van der Waals surface area contributed by atoms with Crippen LogP contribution in [-0.2, 0) is 6.54 Å². The van der Waals surface area contributed by atoms with Crippen LogP contribution >= 0.6 is 0 Å². The van der Waals surface area contributed by atoms with Gasteiger partial charge in [-0.1, -0.05) is 60.2 Å². The SMILES string of the molecule is C#Cc1ccc([SiH2]C(C)(C)Oc2cccc(CN(CC)CC=CC#CC(C)(C)C)c2)cc1. The summed E-state index contributed by atoms with van der Waals surface area (Å²) in [6, 6.07) is 16.8. The molecule has 0 unspecified atom stereocenters. The maximum Gasteiger partial charge on any atom is 0.119 e. The van der Waals surface area contributed by atoms with Crippen LogP contribution in [0.2, 0.25) is 0 Å². The van der Waals surface area contributed by atoms with Gasteiger partial charge in [0.15, 0.2) is 0 Å². The number of hydrogen-bond donors (Lipinski definition) is 0. The van der Waals surface area contributed by atoms with Crippen LogP contribution in [0.3, 0.4) is 0 Å². The first kappa shape index (κ1) is 25.5. The average molecular weight is 444 g/mol. The fourth-order valence-electron chi connectivity index (χ4n) is 3.36. The molecule has 2 aromatic carbocycles. The number of hydrogen-bond acceptors (Lipinski definition) is 2. The van der Waals surface area contributed by atoms with Gasteiger partial charge in [-0.3, -0.25) is 4.90 Å². The second kappa shape index (κ2) is 11.8. The third-order valence-corrected chi connectivity index (χ3v) is 6.78. The highest BCUT2D eigenvalue weighted by molar-refractivity contribution is 6.56. The second-order valence-electron chi connectivity index (χ2n) is 9.78. The highest BCUT2D eigenvalue weighted by atomic mass is 28.2. The Morgan fingerprint density at radius 1 is 1.06 bits per heavy atom. The molecule has 32 heavy (non-hydrogen) atoms. The summed E-state index contributed by atoms with van der Waals surface area (Å²) in [5.41, 5.74) is 2.22. The van der Waals surface area contributed by atoms with Gasteiger partial charge in [0.25, 0.3) is 0 Å². The first-order valence-electron chi connectivity index (χ1n) is 11.3. The zero-order valence-electron chi connectivity index (χ0n) is 20.5. The molecule has 168 valence electrons. The maximum absolute atomic E-state index is 6.43. The summed E-state index contributed by atoms with van der Waals surface area (Å²) >= 11 is 0. The first-order valence-corrected chi connectivity index (χ1v) is 12.8. The normalized spacial score (nSPS) is 12.2. The van der Waals surface area contributed by atoms with Crippen molar-refractivity contribution in [2.75, 3.05) is 13.1 Å². The van der Waals surface area contributed by atoms with Crippen molar-refractivity contribution in [1.29, 1.82) is 0 Å². The van der Waals surface area contributed by atoms with Crippen molar-refractivity contribution in [3.63, 3.8) is 0 Å². The van der Waals surface area contributed by atoms with E-state index in [0.717, 1.165) is 30.9 Å². The minimum atomic E-state index is -0.640. The molecule has 0 aliphatic heterocycles. The molecule has 0 heterocycles. The van der Waals surface area contributed by atoms with E-state index >= 15 is 0 Å². The number of rotatable bonds is 9. The second-order valence-corrected chi connectivity index (χ2v) is 12.6. The summed E-state index contributed by atoms with van der Waals surface area (Å²) in [6.07, 6.45) is 9.58. The van der Waals surface area contributed by atoms with Crippen molar-refractivity contribution in [2.45, 2.75) is 53.3 Å². The quantitative estimate of drug-likeness (QED) is 0.411. The molecule has 0 radical (unpaired) electrons. The number of terminal acetylenes is 1. The molecule has 0 N–H and O–H groups in total. The molecule has 0 saturated carbocycles. The summed E-state index contributed by atoms with van der Waals surface area (Å²) in [5, 5.41) is 1.17. The molecule has 2 aromatic rings. The third-order valence-electron chi connectivity index (χ3n) is 4.91. The fourth-order valence-corrected chi connectivity index (χ4v) is 5.05. The van der Waals surface area contributed by atoms with Gasteiger partial charge in [0.2, 0.25) is 0 Å². The smallest absolute Gasteiger partial charge is 0.119 e. The molecule has 0 saturated heterocycles. The minimum absolute atomic E-state index is 0.0387. The zero-order valence-corrected chi connectivity index (χ0v) is 21.9. The lowest BCUT2D eigenvalue weighted by Crippen LogP contribution is -2.42. The largest absolute Gasteiger partial charge is 0.492 e. The molecule has 2 rings (SSSR count). The Hall–Kier alpha value is -2.72. The van der Waals surface area contributed by atoms with Crippen LogP contribution < -0.4 is 9.92 Å². The summed E-state index contributed by atoms with van der Waals surface area (Å²) < 4.78 is 6.43. The topological polar surface area (TPSA) is 12.5 Å². The predicted molar refractivity (Wildman–Crippen MR) is 141 cm³/mol. The zero-order chi connectivity index (χ0) is 23.6. The van der Waals surface area contributed by atoms with Crippen molar-refractivity contribution < 1.29 is 4.74 Å². The molecule has 0 aromatic heterocycles. The van der Waals surface area contributed by atoms with Gasteiger partial charge in [0.1, 0.15) is 15.3 Å². The van der Waals surface area contributed by atoms with Gasteiger partial charge >= 0.3 is 0 Å². The maximum atomic E-state index is 6.43. The molecule has 0 amide bonds. The van der Waals surface area contributed by atoms with E-state index in [9.17, 15) is 0 Å². The fraction of sp³-hybridized carbons (Fsp3) is 0.379. The Labute approximate surface area is 197 Å². The molecular weight excluding hydrogens is 406 g/mol.